The highest BCUT2D eigenvalue weighted by Crippen LogP contribution is 2.23. The number of ether oxygens (including phenoxy) is 2. The standard InChI is InChI=1S/C24H27N3O6S/c1-15-16(2)25-22-9-4-18(14-21(15)22)24(29)33-17(3)23(28)26-19-5-7-20(8-6-19)34(30,31)27-10-12-32-13-11-27/h4-9,14,17,25H,10-13H2,1-3H3,(H,26,28). The molecule has 0 radical (unpaired) electrons. The Labute approximate surface area is 198 Å². The molecule has 0 bridgehead atoms. The highest BCUT2D eigenvalue weighted by molar-refractivity contribution is 7.89. The number of rotatable bonds is 6. The molecule has 9 nitrogen and oxygen atoms in total. The Morgan fingerprint density at radius 3 is 2.44 bits per heavy atom. The molecule has 3 aromatic rings. The van der Waals surface area contributed by atoms with Crippen molar-refractivity contribution >= 4 is 38.5 Å². The number of fused-ring (bicyclic) bond motifs is 1. The number of benzene rings is 2. The minimum atomic E-state index is -3.62. The predicted molar refractivity (Wildman–Crippen MR) is 127 cm³/mol. The van der Waals surface area contributed by atoms with Crippen LogP contribution < -0.4 is 5.32 Å². The van der Waals surface area contributed by atoms with Gasteiger partial charge in [-0.2, -0.15) is 4.31 Å². The van der Waals surface area contributed by atoms with Gasteiger partial charge in [0.25, 0.3) is 5.91 Å². The number of hydrogen-bond acceptors (Lipinski definition) is 6. The van der Waals surface area contributed by atoms with E-state index in [9.17, 15) is 18.0 Å². The van der Waals surface area contributed by atoms with Gasteiger partial charge in [-0.25, -0.2) is 13.2 Å². The lowest BCUT2D eigenvalue weighted by atomic mass is 10.1. The highest BCUT2D eigenvalue weighted by atomic mass is 32.2. The lowest BCUT2D eigenvalue weighted by Crippen LogP contribution is -2.40. The smallest absolute Gasteiger partial charge is 0.338 e. The van der Waals surface area contributed by atoms with Crippen molar-refractivity contribution in [2.24, 2.45) is 0 Å². The maximum absolute atomic E-state index is 12.7. The second-order valence-electron chi connectivity index (χ2n) is 8.21. The summed E-state index contributed by atoms with van der Waals surface area (Å²) in [6, 6.07) is 11.1. The fourth-order valence-corrected chi connectivity index (χ4v) is 5.17. The number of aromatic nitrogens is 1. The Morgan fingerprint density at radius 1 is 1.09 bits per heavy atom. The molecule has 2 N–H and O–H groups in total. The molecular formula is C24H27N3O6S. The number of H-pyrrole nitrogens is 1. The molecule has 0 spiro atoms. The largest absolute Gasteiger partial charge is 0.449 e. The van der Waals surface area contributed by atoms with Crippen molar-refractivity contribution in [2.75, 3.05) is 31.6 Å². The number of hydrogen-bond donors (Lipinski definition) is 2. The number of morpholine rings is 1. The molecule has 1 saturated heterocycles. The maximum Gasteiger partial charge on any atom is 0.338 e. The average molecular weight is 486 g/mol. The molecular weight excluding hydrogens is 458 g/mol. The van der Waals surface area contributed by atoms with E-state index in [0.717, 1.165) is 22.2 Å². The van der Waals surface area contributed by atoms with Gasteiger partial charge >= 0.3 is 5.97 Å². The zero-order valence-electron chi connectivity index (χ0n) is 19.3. The van der Waals surface area contributed by atoms with Gasteiger partial charge in [0.05, 0.1) is 23.7 Å². The number of carbonyl (C=O) groups excluding carboxylic acids is 2. The topological polar surface area (TPSA) is 118 Å². The van der Waals surface area contributed by atoms with E-state index in [1.807, 2.05) is 19.9 Å². The van der Waals surface area contributed by atoms with Gasteiger partial charge < -0.3 is 19.8 Å². The normalized spacial score (nSPS) is 15.7. The number of esters is 1. The van der Waals surface area contributed by atoms with Crippen LogP contribution in [0.3, 0.4) is 0 Å². The number of amides is 1. The molecule has 1 atom stereocenters. The lowest BCUT2D eigenvalue weighted by molar-refractivity contribution is -0.123. The van der Waals surface area contributed by atoms with Crippen LogP contribution in [0.5, 0.6) is 0 Å². The third-order valence-corrected chi connectivity index (χ3v) is 7.84. The first kappa shape index (κ1) is 23.9. The molecule has 0 aliphatic carbocycles. The third-order valence-electron chi connectivity index (χ3n) is 5.93. The number of nitrogens with zero attached hydrogens (tertiary/aromatic N) is 1. The van der Waals surface area contributed by atoms with Crippen LogP contribution in [0.15, 0.2) is 47.4 Å². The second-order valence-corrected chi connectivity index (χ2v) is 10.2. The summed E-state index contributed by atoms with van der Waals surface area (Å²) >= 11 is 0. The fraction of sp³-hybridized carbons (Fsp3) is 0.333. The number of aryl methyl sites for hydroxylation is 2. The second kappa shape index (κ2) is 9.57. The van der Waals surface area contributed by atoms with Gasteiger partial charge in [0.2, 0.25) is 10.0 Å². The lowest BCUT2D eigenvalue weighted by Gasteiger charge is -2.26. The summed E-state index contributed by atoms with van der Waals surface area (Å²) in [5.74, 6) is -1.12. The summed E-state index contributed by atoms with van der Waals surface area (Å²) in [6.07, 6.45) is -1.05. The van der Waals surface area contributed by atoms with Crippen LogP contribution in [0.4, 0.5) is 5.69 Å². The van der Waals surface area contributed by atoms with Crippen LogP contribution in [0.1, 0.15) is 28.5 Å². The fourth-order valence-electron chi connectivity index (χ4n) is 3.76. The van der Waals surface area contributed by atoms with Gasteiger partial charge in [-0.05, 0) is 68.8 Å². The quantitative estimate of drug-likeness (QED) is 0.519. The molecule has 1 unspecified atom stereocenters. The van der Waals surface area contributed by atoms with Crippen molar-refractivity contribution in [3.05, 3.63) is 59.3 Å². The first-order valence-electron chi connectivity index (χ1n) is 11.0. The van der Waals surface area contributed by atoms with E-state index in [0.29, 0.717) is 37.6 Å². The van der Waals surface area contributed by atoms with Gasteiger partial charge in [-0.15, -0.1) is 0 Å². The number of sulfonamides is 1. The third kappa shape index (κ3) is 4.84. The van der Waals surface area contributed by atoms with Crippen molar-refractivity contribution in [1.29, 1.82) is 0 Å². The van der Waals surface area contributed by atoms with E-state index in [-0.39, 0.29) is 4.90 Å². The maximum atomic E-state index is 12.7. The van der Waals surface area contributed by atoms with Crippen LogP contribution in [0, 0.1) is 13.8 Å². The Hall–Kier alpha value is -3.21. The molecule has 10 heteroatoms. The molecule has 2 aromatic carbocycles. The Kier molecular flexibility index (Phi) is 6.74. The summed E-state index contributed by atoms with van der Waals surface area (Å²) < 4.78 is 37.4. The van der Waals surface area contributed by atoms with Crippen molar-refractivity contribution in [2.45, 2.75) is 31.8 Å². The van der Waals surface area contributed by atoms with E-state index < -0.39 is 28.0 Å². The summed E-state index contributed by atoms with van der Waals surface area (Å²) in [5, 5.41) is 3.58. The minimum absolute atomic E-state index is 0.137. The summed E-state index contributed by atoms with van der Waals surface area (Å²) in [4.78, 5) is 28.5. The zero-order valence-corrected chi connectivity index (χ0v) is 20.1. The Morgan fingerprint density at radius 2 is 1.76 bits per heavy atom. The molecule has 4 rings (SSSR count). The zero-order chi connectivity index (χ0) is 24.5. The Bertz CT molecular complexity index is 1320. The number of nitrogens with one attached hydrogen (secondary N) is 2. The average Bonchev–Trinajstić information content (AvgIpc) is 3.12. The summed E-state index contributed by atoms with van der Waals surface area (Å²) in [7, 11) is -3.62. The Balaban J connectivity index is 1.38. The van der Waals surface area contributed by atoms with E-state index in [1.54, 1.807) is 12.1 Å². The van der Waals surface area contributed by atoms with E-state index in [2.05, 4.69) is 10.3 Å². The van der Waals surface area contributed by atoms with E-state index >= 15 is 0 Å². The highest BCUT2D eigenvalue weighted by Gasteiger charge is 2.26. The first-order valence-corrected chi connectivity index (χ1v) is 12.4. The van der Waals surface area contributed by atoms with Gasteiger partial charge in [0.15, 0.2) is 6.10 Å². The molecule has 34 heavy (non-hydrogen) atoms. The van der Waals surface area contributed by atoms with Crippen molar-refractivity contribution in [3.63, 3.8) is 0 Å². The summed E-state index contributed by atoms with van der Waals surface area (Å²) in [5.41, 5.74) is 3.75. The molecule has 1 fully saturated rings. The predicted octanol–water partition coefficient (Wildman–Crippen LogP) is 2.99. The first-order chi connectivity index (χ1) is 16.2. The van der Waals surface area contributed by atoms with Crippen molar-refractivity contribution < 1.29 is 27.5 Å². The van der Waals surface area contributed by atoms with Crippen LogP contribution in [0.25, 0.3) is 10.9 Å². The van der Waals surface area contributed by atoms with E-state index in [4.69, 9.17) is 9.47 Å². The molecule has 1 aliphatic rings. The monoisotopic (exact) mass is 485 g/mol. The van der Waals surface area contributed by atoms with Crippen LogP contribution in [0.2, 0.25) is 0 Å². The molecule has 0 saturated carbocycles. The number of carbonyl (C=O) groups is 2. The molecule has 1 aliphatic heterocycles. The van der Waals surface area contributed by atoms with Crippen LogP contribution in [-0.4, -0.2) is 62.0 Å². The van der Waals surface area contributed by atoms with E-state index in [1.165, 1.54) is 35.5 Å². The van der Waals surface area contributed by atoms with Gasteiger partial charge in [-0.3, -0.25) is 4.79 Å². The molecule has 2 heterocycles. The minimum Gasteiger partial charge on any atom is -0.449 e. The van der Waals surface area contributed by atoms with Gasteiger partial charge in [0.1, 0.15) is 0 Å². The number of aromatic amines is 1. The van der Waals surface area contributed by atoms with Gasteiger partial charge in [0, 0.05) is 35.4 Å². The van der Waals surface area contributed by atoms with Crippen LogP contribution in [-0.2, 0) is 24.3 Å². The SMILES string of the molecule is Cc1[nH]c2ccc(C(=O)OC(C)C(=O)Nc3ccc(S(=O)(=O)N4CCOCC4)cc3)cc2c1C. The molecule has 180 valence electrons. The molecule has 1 amide bonds. The van der Waals surface area contributed by atoms with Gasteiger partial charge in [-0.1, -0.05) is 0 Å². The molecule has 1 aromatic heterocycles. The van der Waals surface area contributed by atoms with Crippen LogP contribution >= 0.6 is 0 Å². The van der Waals surface area contributed by atoms with Crippen molar-refractivity contribution in [1.82, 2.24) is 9.29 Å². The van der Waals surface area contributed by atoms with Crippen molar-refractivity contribution in [3.8, 4) is 0 Å². The summed E-state index contributed by atoms with van der Waals surface area (Å²) in [6.45, 7) is 6.75. The number of anilines is 1.